The van der Waals surface area contributed by atoms with Crippen LogP contribution < -0.4 is 15.0 Å². The molecule has 0 radical (unpaired) electrons. The lowest BCUT2D eigenvalue weighted by atomic mass is 10.1. The number of ketones is 1. The molecule has 1 heterocycles. The van der Waals surface area contributed by atoms with Crippen molar-refractivity contribution in [1.82, 2.24) is 0 Å². The summed E-state index contributed by atoms with van der Waals surface area (Å²) >= 11 is 0. The lowest BCUT2D eigenvalue weighted by Crippen LogP contribution is -2.45. The first kappa shape index (κ1) is 21.0. The number of benzene rings is 2. The number of methoxy groups -OCH3 is 1. The molecule has 1 N–H and O–H groups in total. The summed E-state index contributed by atoms with van der Waals surface area (Å²) in [6.07, 6.45) is -0.850. The van der Waals surface area contributed by atoms with Crippen LogP contribution in [0, 0.1) is 0 Å². The van der Waals surface area contributed by atoms with E-state index >= 15 is 0 Å². The maximum atomic E-state index is 12.7. The van der Waals surface area contributed by atoms with Crippen LogP contribution in [-0.4, -0.2) is 42.8 Å². The Morgan fingerprint density at radius 3 is 2.43 bits per heavy atom. The van der Waals surface area contributed by atoms with Crippen LogP contribution in [0.2, 0.25) is 0 Å². The molecule has 2 amide bonds. The Morgan fingerprint density at radius 2 is 1.73 bits per heavy atom. The van der Waals surface area contributed by atoms with E-state index in [0.717, 1.165) is 4.90 Å². The van der Waals surface area contributed by atoms with E-state index in [1.54, 1.807) is 49.4 Å². The lowest BCUT2D eigenvalue weighted by molar-refractivity contribution is -0.155. The van der Waals surface area contributed by atoms with Crippen LogP contribution >= 0.6 is 0 Å². The number of hydrogen-bond donors (Lipinski definition) is 1. The van der Waals surface area contributed by atoms with Gasteiger partial charge in [0, 0.05) is 0 Å². The molecule has 8 nitrogen and oxygen atoms in total. The van der Waals surface area contributed by atoms with E-state index in [4.69, 9.17) is 9.47 Å². The van der Waals surface area contributed by atoms with Crippen molar-refractivity contribution in [3.8, 4) is 5.75 Å². The van der Waals surface area contributed by atoms with Gasteiger partial charge in [-0.15, -0.1) is 0 Å². The highest BCUT2D eigenvalue weighted by atomic mass is 16.5. The van der Waals surface area contributed by atoms with Crippen molar-refractivity contribution in [2.24, 2.45) is 0 Å². The van der Waals surface area contributed by atoms with E-state index in [1.807, 2.05) is 0 Å². The average Bonchev–Trinajstić information content (AvgIpc) is 3.02. The lowest BCUT2D eigenvalue weighted by Gasteiger charge is -2.25. The van der Waals surface area contributed by atoms with Crippen LogP contribution in [0.3, 0.4) is 0 Å². The third-order valence-corrected chi connectivity index (χ3v) is 4.84. The third-order valence-electron chi connectivity index (χ3n) is 4.84. The molecule has 0 saturated carbocycles. The largest absolute Gasteiger partial charge is 0.495 e. The fraction of sp³-hybridized carbons (Fsp3) is 0.273. The maximum Gasteiger partial charge on any atom is 0.329 e. The van der Waals surface area contributed by atoms with Gasteiger partial charge in [0.25, 0.3) is 17.6 Å². The Kier molecular flexibility index (Phi) is 6.15. The van der Waals surface area contributed by atoms with Gasteiger partial charge >= 0.3 is 5.97 Å². The van der Waals surface area contributed by atoms with Gasteiger partial charge in [-0.3, -0.25) is 19.3 Å². The normalized spacial score (nSPS) is 14.7. The maximum absolute atomic E-state index is 12.7. The topological polar surface area (TPSA) is 102 Å². The molecule has 156 valence electrons. The predicted molar refractivity (Wildman–Crippen MR) is 110 cm³/mol. The van der Waals surface area contributed by atoms with Crippen molar-refractivity contribution in [3.05, 3.63) is 54.1 Å². The van der Waals surface area contributed by atoms with Crippen molar-refractivity contribution in [2.75, 3.05) is 17.3 Å². The van der Waals surface area contributed by atoms with Gasteiger partial charge in [0.05, 0.1) is 24.0 Å². The van der Waals surface area contributed by atoms with Gasteiger partial charge in [-0.25, -0.2) is 4.79 Å². The molecular weight excluding hydrogens is 388 g/mol. The second-order valence-electron chi connectivity index (χ2n) is 6.72. The minimum atomic E-state index is -1.08. The Bertz CT molecular complexity index is 1000. The van der Waals surface area contributed by atoms with E-state index in [0.29, 0.717) is 17.1 Å². The Hall–Kier alpha value is -3.68. The highest BCUT2D eigenvalue weighted by Crippen LogP contribution is 2.31. The quantitative estimate of drug-likeness (QED) is 0.556. The summed E-state index contributed by atoms with van der Waals surface area (Å²) in [6.45, 7) is 3.16. The highest BCUT2D eigenvalue weighted by Gasteiger charge is 2.41. The number of Topliss-reactive ketones (excluding diaryl/α,β-unsaturated/α-hetero) is 1. The first-order valence-electron chi connectivity index (χ1n) is 9.50. The molecule has 30 heavy (non-hydrogen) atoms. The zero-order valence-corrected chi connectivity index (χ0v) is 16.9. The molecule has 0 spiro atoms. The van der Waals surface area contributed by atoms with Gasteiger partial charge in [0.1, 0.15) is 11.8 Å². The molecule has 2 aromatic carbocycles. The minimum absolute atomic E-state index is 0.225. The average molecular weight is 410 g/mol. The molecule has 0 bridgehead atoms. The molecule has 0 aliphatic carbocycles. The molecule has 0 saturated heterocycles. The Balaban J connectivity index is 1.73. The summed E-state index contributed by atoms with van der Waals surface area (Å²) in [5, 5.41) is 2.68. The molecule has 1 aliphatic heterocycles. The van der Waals surface area contributed by atoms with Crippen molar-refractivity contribution < 1.29 is 28.7 Å². The van der Waals surface area contributed by atoms with Crippen LogP contribution in [0.1, 0.15) is 30.6 Å². The van der Waals surface area contributed by atoms with E-state index in [9.17, 15) is 19.2 Å². The van der Waals surface area contributed by atoms with Gasteiger partial charge in [-0.1, -0.05) is 31.2 Å². The number of amides is 2. The van der Waals surface area contributed by atoms with Gasteiger partial charge in [0.15, 0.2) is 6.10 Å². The summed E-state index contributed by atoms with van der Waals surface area (Å²) < 4.78 is 10.6. The fourth-order valence-electron chi connectivity index (χ4n) is 3.22. The number of nitrogens with one attached hydrogen (secondary N) is 1. The van der Waals surface area contributed by atoms with Crippen LogP contribution in [0.15, 0.2) is 48.5 Å². The van der Waals surface area contributed by atoms with E-state index in [-0.39, 0.29) is 12.0 Å². The zero-order valence-electron chi connectivity index (χ0n) is 16.9. The van der Waals surface area contributed by atoms with Crippen molar-refractivity contribution in [1.29, 1.82) is 0 Å². The highest BCUT2D eigenvalue weighted by molar-refractivity contribution is 6.52. The van der Waals surface area contributed by atoms with Gasteiger partial charge in [-0.2, -0.15) is 0 Å². The van der Waals surface area contributed by atoms with Crippen LogP contribution in [0.5, 0.6) is 5.75 Å². The Morgan fingerprint density at radius 1 is 1.07 bits per heavy atom. The fourth-order valence-corrected chi connectivity index (χ4v) is 3.22. The van der Waals surface area contributed by atoms with E-state index in [1.165, 1.54) is 20.1 Å². The summed E-state index contributed by atoms with van der Waals surface area (Å²) in [7, 11) is 1.48. The van der Waals surface area contributed by atoms with E-state index in [2.05, 4.69) is 5.32 Å². The number of nitrogens with zero attached hydrogens (tertiary/aromatic N) is 1. The molecular formula is C22H22N2O6. The first-order valence-corrected chi connectivity index (χ1v) is 9.50. The number of hydrogen-bond acceptors (Lipinski definition) is 6. The second kappa shape index (κ2) is 8.77. The SMILES string of the molecule is CC[C@H](OC(=O)[C@H](C)N1C(=O)C(=O)c2ccccc21)C(=O)Nc1ccccc1OC. The smallest absolute Gasteiger partial charge is 0.329 e. The third kappa shape index (κ3) is 3.89. The summed E-state index contributed by atoms with van der Waals surface area (Å²) in [5.41, 5.74) is 1.04. The zero-order chi connectivity index (χ0) is 21.8. The predicted octanol–water partition coefficient (Wildman–Crippen LogP) is 2.57. The molecule has 1 aliphatic rings. The van der Waals surface area contributed by atoms with E-state index < -0.39 is 35.7 Å². The number of rotatable bonds is 7. The molecule has 0 fully saturated rings. The molecule has 0 aromatic heterocycles. The van der Waals surface area contributed by atoms with Crippen molar-refractivity contribution >= 4 is 34.9 Å². The minimum Gasteiger partial charge on any atom is -0.495 e. The number of fused-ring (bicyclic) bond motifs is 1. The molecule has 2 aromatic rings. The number of ether oxygens (including phenoxy) is 2. The summed E-state index contributed by atoms with van der Waals surface area (Å²) in [6, 6.07) is 12.2. The summed E-state index contributed by atoms with van der Waals surface area (Å²) in [5.74, 6) is -2.31. The first-order chi connectivity index (χ1) is 14.4. The van der Waals surface area contributed by atoms with Gasteiger partial charge in [0.2, 0.25) is 0 Å². The number of esters is 1. The van der Waals surface area contributed by atoms with Crippen molar-refractivity contribution in [2.45, 2.75) is 32.4 Å². The molecule has 2 atom stereocenters. The number of para-hydroxylation sites is 3. The van der Waals surface area contributed by atoms with Crippen molar-refractivity contribution in [3.63, 3.8) is 0 Å². The van der Waals surface area contributed by atoms with Crippen LogP contribution in [0.25, 0.3) is 0 Å². The summed E-state index contributed by atoms with van der Waals surface area (Å²) in [4.78, 5) is 51.0. The molecule has 0 unspecified atom stereocenters. The monoisotopic (exact) mass is 410 g/mol. The Labute approximate surface area is 173 Å². The van der Waals surface area contributed by atoms with Gasteiger partial charge in [-0.05, 0) is 37.6 Å². The van der Waals surface area contributed by atoms with Crippen LogP contribution in [0.4, 0.5) is 11.4 Å². The number of anilines is 2. The number of carbonyl (C=O) groups is 4. The molecule has 3 rings (SSSR count). The van der Waals surface area contributed by atoms with Gasteiger partial charge < -0.3 is 14.8 Å². The second-order valence-corrected chi connectivity index (χ2v) is 6.72. The number of carbonyl (C=O) groups excluding carboxylic acids is 4. The molecule has 8 heteroatoms. The van der Waals surface area contributed by atoms with Crippen LogP contribution in [-0.2, 0) is 19.1 Å². The standard InChI is InChI=1S/C22H22N2O6/c1-4-17(20(26)23-15-10-6-8-12-18(15)29-3)30-22(28)13(2)24-16-11-7-5-9-14(16)19(25)21(24)27/h5-13,17H,4H2,1-3H3,(H,23,26)/t13-,17-/m0/s1.